The third-order valence-corrected chi connectivity index (χ3v) is 8.34. The minimum atomic E-state index is -0.870. The van der Waals surface area contributed by atoms with Gasteiger partial charge in [-0.15, -0.1) is 11.3 Å². The molecule has 5 nitrogen and oxygen atoms in total. The van der Waals surface area contributed by atoms with Gasteiger partial charge >= 0.3 is 0 Å². The van der Waals surface area contributed by atoms with Gasteiger partial charge in [0.2, 0.25) is 5.91 Å². The molecule has 1 fully saturated rings. The first-order valence-electron chi connectivity index (χ1n) is 12.1. The van der Waals surface area contributed by atoms with E-state index in [4.69, 9.17) is 0 Å². The average Bonchev–Trinajstić information content (AvgIpc) is 3.16. The number of hydrogen-bond acceptors (Lipinski definition) is 3. The lowest BCUT2D eigenvalue weighted by molar-refractivity contribution is -0.133. The van der Waals surface area contributed by atoms with E-state index in [1.165, 1.54) is 30.6 Å². The molecule has 2 aromatic heterocycles. The molecule has 170 valence electrons. The van der Waals surface area contributed by atoms with E-state index < -0.39 is 5.54 Å². The first kappa shape index (κ1) is 22.4. The van der Waals surface area contributed by atoms with Gasteiger partial charge in [0.15, 0.2) is 0 Å². The number of carbonyl (C=O) groups is 2. The lowest BCUT2D eigenvalue weighted by Gasteiger charge is -2.45. The molecule has 1 aliphatic heterocycles. The highest BCUT2D eigenvalue weighted by Gasteiger charge is 2.48. The predicted molar refractivity (Wildman–Crippen MR) is 128 cm³/mol. The van der Waals surface area contributed by atoms with Gasteiger partial charge in [-0.1, -0.05) is 46.5 Å². The number of carbonyl (C=O) groups excluding carboxylic acids is 2. The summed E-state index contributed by atoms with van der Waals surface area (Å²) in [4.78, 5) is 30.5. The second-order valence-corrected chi connectivity index (χ2v) is 11.2. The molecule has 3 heterocycles. The Hall–Kier alpha value is -1.82. The van der Waals surface area contributed by atoms with Crippen molar-refractivity contribution in [1.29, 1.82) is 0 Å². The van der Waals surface area contributed by atoms with Crippen LogP contribution in [0.2, 0.25) is 0 Å². The van der Waals surface area contributed by atoms with Crippen LogP contribution < -0.4 is 5.32 Å². The second-order valence-electron chi connectivity index (χ2n) is 10.0. The van der Waals surface area contributed by atoms with E-state index in [2.05, 4.69) is 36.7 Å². The number of hydrogen-bond donors (Lipinski definition) is 1. The summed E-state index contributed by atoms with van der Waals surface area (Å²) < 4.78 is 3.25. The van der Waals surface area contributed by atoms with Crippen molar-refractivity contribution < 1.29 is 9.59 Å². The van der Waals surface area contributed by atoms with E-state index in [1.807, 2.05) is 17.9 Å². The third-order valence-electron chi connectivity index (χ3n) is 7.12. The van der Waals surface area contributed by atoms with Crippen LogP contribution in [0.5, 0.6) is 0 Å². The van der Waals surface area contributed by atoms with E-state index in [9.17, 15) is 9.59 Å². The van der Waals surface area contributed by atoms with Gasteiger partial charge in [0.05, 0.1) is 16.8 Å². The smallest absolute Gasteiger partial charge is 0.271 e. The normalized spacial score (nSPS) is 22.7. The van der Waals surface area contributed by atoms with Crippen LogP contribution in [-0.4, -0.2) is 39.4 Å². The van der Waals surface area contributed by atoms with E-state index in [0.717, 1.165) is 41.6 Å². The molecule has 31 heavy (non-hydrogen) atoms. The van der Waals surface area contributed by atoms with Gasteiger partial charge in [0.1, 0.15) is 11.2 Å². The number of thiophene rings is 1. The summed E-state index contributed by atoms with van der Waals surface area (Å²) in [7, 11) is 0. The zero-order valence-corrected chi connectivity index (χ0v) is 20.3. The molecule has 2 amide bonds. The molecular weight excluding hydrogens is 406 g/mol. The Morgan fingerprint density at radius 2 is 1.94 bits per heavy atom. The third kappa shape index (κ3) is 4.28. The van der Waals surface area contributed by atoms with E-state index in [0.29, 0.717) is 19.0 Å². The number of rotatable bonds is 6. The lowest BCUT2D eigenvalue weighted by Crippen LogP contribution is -2.65. The topological polar surface area (TPSA) is 54.3 Å². The summed E-state index contributed by atoms with van der Waals surface area (Å²) in [5, 5.41) is 3.35. The van der Waals surface area contributed by atoms with Crippen molar-refractivity contribution in [2.75, 3.05) is 6.54 Å². The van der Waals surface area contributed by atoms with Crippen molar-refractivity contribution in [3.8, 4) is 0 Å². The zero-order chi connectivity index (χ0) is 22.2. The van der Waals surface area contributed by atoms with Gasteiger partial charge < -0.3 is 14.8 Å². The largest absolute Gasteiger partial charge is 0.351 e. The number of aryl methyl sites for hydroxylation is 1. The molecule has 0 spiro atoms. The van der Waals surface area contributed by atoms with Crippen molar-refractivity contribution in [1.82, 2.24) is 14.8 Å². The SMILES string of the molecule is CCc1cc2c(cc3n2C[C@@](C)(C(=O)NC2CCCCCC2)N(CCC(C)C)C3=O)s1. The highest BCUT2D eigenvalue weighted by molar-refractivity contribution is 7.19. The van der Waals surface area contributed by atoms with Crippen LogP contribution >= 0.6 is 11.3 Å². The van der Waals surface area contributed by atoms with Crippen molar-refractivity contribution >= 4 is 33.4 Å². The molecule has 1 N–H and O–H groups in total. The molecule has 4 rings (SSSR count). The lowest BCUT2D eigenvalue weighted by atomic mass is 9.92. The van der Waals surface area contributed by atoms with Crippen LogP contribution in [0.1, 0.15) is 88.0 Å². The molecular formula is C25H37N3O2S. The van der Waals surface area contributed by atoms with Gasteiger partial charge in [-0.2, -0.15) is 0 Å². The number of nitrogens with one attached hydrogen (secondary N) is 1. The number of amides is 2. The van der Waals surface area contributed by atoms with E-state index >= 15 is 0 Å². The average molecular weight is 444 g/mol. The monoisotopic (exact) mass is 443 g/mol. The van der Waals surface area contributed by atoms with Crippen molar-refractivity contribution in [3.63, 3.8) is 0 Å². The van der Waals surface area contributed by atoms with Crippen molar-refractivity contribution in [2.24, 2.45) is 5.92 Å². The highest BCUT2D eigenvalue weighted by Crippen LogP contribution is 2.36. The maximum absolute atomic E-state index is 13.7. The molecule has 0 aromatic carbocycles. The molecule has 2 aliphatic rings. The Morgan fingerprint density at radius 3 is 2.58 bits per heavy atom. The molecule has 2 aromatic rings. The quantitative estimate of drug-likeness (QED) is 0.611. The number of nitrogens with zero attached hydrogens (tertiary/aromatic N) is 2. The summed E-state index contributed by atoms with van der Waals surface area (Å²) >= 11 is 1.76. The molecule has 1 saturated carbocycles. The van der Waals surface area contributed by atoms with Gasteiger partial charge in [-0.3, -0.25) is 9.59 Å². The molecule has 1 aliphatic carbocycles. The maximum atomic E-state index is 13.7. The van der Waals surface area contributed by atoms with Crippen LogP contribution in [0.4, 0.5) is 0 Å². The summed E-state index contributed by atoms with van der Waals surface area (Å²) in [6.45, 7) is 9.60. The Kier molecular flexibility index (Phi) is 6.47. The van der Waals surface area contributed by atoms with Crippen LogP contribution in [0.25, 0.3) is 10.2 Å². The highest BCUT2D eigenvalue weighted by atomic mass is 32.1. The molecule has 0 unspecified atom stereocenters. The van der Waals surface area contributed by atoms with Gasteiger partial charge in [0.25, 0.3) is 5.91 Å². The predicted octanol–water partition coefficient (Wildman–Crippen LogP) is 5.36. The maximum Gasteiger partial charge on any atom is 0.271 e. The van der Waals surface area contributed by atoms with Crippen molar-refractivity contribution in [2.45, 2.75) is 97.2 Å². The minimum Gasteiger partial charge on any atom is -0.351 e. The summed E-state index contributed by atoms with van der Waals surface area (Å²) in [6, 6.07) is 4.46. The summed E-state index contributed by atoms with van der Waals surface area (Å²) in [5.41, 5.74) is 0.959. The summed E-state index contributed by atoms with van der Waals surface area (Å²) in [5.74, 6) is 0.480. The van der Waals surface area contributed by atoms with Crippen LogP contribution in [-0.2, 0) is 17.8 Å². The first-order chi connectivity index (χ1) is 14.8. The standard InChI is InChI=1S/C25H37N3O2S/c1-5-19-14-20-22(31-19)15-21-23(29)28(13-12-17(2)3)25(4,16-27(20)21)24(30)26-18-10-8-6-7-9-11-18/h14-15,17-18H,5-13,16H2,1-4H3,(H,26,30)/t25-/m0/s1. The van der Waals surface area contributed by atoms with Crippen LogP contribution in [0, 0.1) is 5.92 Å². The Balaban J connectivity index is 1.68. The van der Waals surface area contributed by atoms with Gasteiger partial charge in [0, 0.05) is 17.5 Å². The molecule has 0 bridgehead atoms. The molecule has 0 radical (unpaired) electrons. The van der Waals surface area contributed by atoms with E-state index in [1.54, 1.807) is 11.3 Å². The van der Waals surface area contributed by atoms with Crippen molar-refractivity contribution in [3.05, 3.63) is 22.7 Å². The summed E-state index contributed by atoms with van der Waals surface area (Å²) in [6.07, 6.45) is 8.84. The second kappa shape index (κ2) is 8.97. The fourth-order valence-electron chi connectivity index (χ4n) is 5.06. The minimum absolute atomic E-state index is 0.00753. The van der Waals surface area contributed by atoms with E-state index in [-0.39, 0.29) is 17.9 Å². The number of aromatic nitrogens is 1. The van der Waals surface area contributed by atoms with Crippen LogP contribution in [0.3, 0.4) is 0 Å². The number of fused-ring (bicyclic) bond motifs is 3. The Bertz CT molecular complexity index is 952. The Morgan fingerprint density at radius 1 is 1.23 bits per heavy atom. The Labute approximate surface area is 190 Å². The van der Waals surface area contributed by atoms with Crippen LogP contribution in [0.15, 0.2) is 12.1 Å². The molecule has 0 saturated heterocycles. The fourth-order valence-corrected chi connectivity index (χ4v) is 6.11. The first-order valence-corrected chi connectivity index (χ1v) is 12.9. The zero-order valence-electron chi connectivity index (χ0n) is 19.5. The molecule has 6 heteroatoms. The molecule has 1 atom stereocenters. The fraction of sp³-hybridized carbons (Fsp3) is 0.680. The van der Waals surface area contributed by atoms with Gasteiger partial charge in [-0.25, -0.2) is 0 Å². The van der Waals surface area contributed by atoms with Gasteiger partial charge in [-0.05, 0) is 50.7 Å².